The molecule has 3 rings (SSSR count). The molecule has 2 aromatic rings. The maximum Gasteiger partial charge on any atom is 0.271 e. The number of amides is 1. The number of nitrogens with zero attached hydrogens (tertiary/aromatic N) is 4. The summed E-state index contributed by atoms with van der Waals surface area (Å²) in [4.78, 5) is 28.4. The van der Waals surface area contributed by atoms with Crippen LogP contribution in [0.15, 0.2) is 47.3 Å². The Morgan fingerprint density at radius 2 is 1.72 bits per heavy atom. The molecule has 0 atom stereocenters. The number of carbonyl (C=O) groups excluding carboxylic acids is 1. The molecule has 0 spiro atoms. The molecule has 0 aliphatic carbocycles. The summed E-state index contributed by atoms with van der Waals surface area (Å²) in [6.45, 7) is 6.96. The molecule has 1 fully saturated rings. The molecule has 1 amide bonds. The minimum absolute atomic E-state index is 0.152. The maximum atomic E-state index is 12.2. The predicted octanol–water partition coefficient (Wildman–Crippen LogP) is 1.93. The zero-order valence-electron chi connectivity index (χ0n) is 14.8. The third-order valence-corrected chi connectivity index (χ3v) is 4.33. The van der Waals surface area contributed by atoms with E-state index in [1.807, 2.05) is 35.2 Å². The highest BCUT2D eigenvalue weighted by Gasteiger charge is 2.22. The molecule has 25 heavy (non-hydrogen) atoms. The first-order valence-corrected chi connectivity index (χ1v) is 8.73. The average Bonchev–Trinajstić information content (AvgIpc) is 2.62. The average molecular weight is 340 g/mol. The topological polar surface area (TPSA) is 58.4 Å². The van der Waals surface area contributed by atoms with E-state index in [1.54, 1.807) is 12.1 Å². The van der Waals surface area contributed by atoms with Gasteiger partial charge in [-0.2, -0.15) is 4.68 Å². The normalized spacial score (nSPS) is 14.8. The fourth-order valence-corrected chi connectivity index (χ4v) is 2.99. The van der Waals surface area contributed by atoms with E-state index in [9.17, 15) is 9.59 Å². The number of hydrogen-bond donors (Lipinski definition) is 0. The molecular weight excluding hydrogens is 316 g/mol. The van der Waals surface area contributed by atoms with Crippen molar-refractivity contribution in [3.05, 3.63) is 52.8 Å². The van der Waals surface area contributed by atoms with Gasteiger partial charge in [-0.3, -0.25) is 9.59 Å². The molecule has 1 saturated heterocycles. The fourth-order valence-electron chi connectivity index (χ4n) is 2.99. The standard InChI is InChI=1S/C19H24N4O2/c1-15(2)14-19(25)22-12-10-21(11-13-22)17-8-9-18(24)23(20-17)16-6-4-3-5-7-16/h3-9,15H,10-14H2,1-2H3. The highest BCUT2D eigenvalue weighted by Crippen LogP contribution is 2.14. The molecule has 132 valence electrons. The molecule has 1 aliphatic heterocycles. The van der Waals surface area contributed by atoms with Crippen molar-refractivity contribution in [1.82, 2.24) is 14.7 Å². The van der Waals surface area contributed by atoms with E-state index in [-0.39, 0.29) is 11.5 Å². The van der Waals surface area contributed by atoms with E-state index >= 15 is 0 Å². The number of para-hydroxylation sites is 1. The van der Waals surface area contributed by atoms with Crippen molar-refractivity contribution in [3.8, 4) is 5.69 Å². The largest absolute Gasteiger partial charge is 0.352 e. The minimum Gasteiger partial charge on any atom is -0.352 e. The fraction of sp³-hybridized carbons (Fsp3) is 0.421. The Hall–Kier alpha value is -2.63. The van der Waals surface area contributed by atoms with Crippen molar-refractivity contribution in [1.29, 1.82) is 0 Å². The van der Waals surface area contributed by atoms with Crippen LogP contribution in [0.5, 0.6) is 0 Å². The van der Waals surface area contributed by atoms with Gasteiger partial charge in [-0.15, -0.1) is 5.10 Å². The van der Waals surface area contributed by atoms with Crippen LogP contribution >= 0.6 is 0 Å². The van der Waals surface area contributed by atoms with Crippen molar-refractivity contribution in [2.75, 3.05) is 31.1 Å². The zero-order chi connectivity index (χ0) is 17.8. The molecule has 1 aromatic heterocycles. The zero-order valence-corrected chi connectivity index (χ0v) is 14.8. The molecule has 6 heteroatoms. The van der Waals surface area contributed by atoms with Gasteiger partial charge in [0, 0.05) is 38.7 Å². The van der Waals surface area contributed by atoms with Crippen LogP contribution < -0.4 is 10.5 Å². The highest BCUT2D eigenvalue weighted by atomic mass is 16.2. The van der Waals surface area contributed by atoms with E-state index in [2.05, 4.69) is 23.8 Å². The molecule has 0 saturated carbocycles. The lowest BCUT2D eigenvalue weighted by Gasteiger charge is -2.35. The Bertz CT molecular complexity index is 778. The van der Waals surface area contributed by atoms with Gasteiger partial charge in [0.25, 0.3) is 5.56 Å². The number of anilines is 1. The number of carbonyl (C=O) groups is 1. The summed E-state index contributed by atoms with van der Waals surface area (Å²) in [5.41, 5.74) is 0.598. The Balaban J connectivity index is 1.72. The smallest absolute Gasteiger partial charge is 0.271 e. The van der Waals surface area contributed by atoms with Gasteiger partial charge in [0.05, 0.1) is 5.69 Å². The summed E-state index contributed by atoms with van der Waals surface area (Å²) in [5, 5.41) is 4.51. The van der Waals surface area contributed by atoms with Crippen LogP contribution in [0.1, 0.15) is 20.3 Å². The van der Waals surface area contributed by atoms with Gasteiger partial charge in [0.1, 0.15) is 5.82 Å². The van der Waals surface area contributed by atoms with Crippen molar-refractivity contribution in [2.45, 2.75) is 20.3 Å². The van der Waals surface area contributed by atoms with Gasteiger partial charge in [0.15, 0.2) is 0 Å². The van der Waals surface area contributed by atoms with Crippen molar-refractivity contribution >= 4 is 11.7 Å². The summed E-state index contributed by atoms with van der Waals surface area (Å²) in [6, 6.07) is 12.7. The SMILES string of the molecule is CC(C)CC(=O)N1CCN(c2ccc(=O)n(-c3ccccc3)n2)CC1. The first kappa shape index (κ1) is 17.2. The Labute approximate surface area is 147 Å². The summed E-state index contributed by atoms with van der Waals surface area (Å²) >= 11 is 0. The lowest BCUT2D eigenvalue weighted by atomic mass is 10.1. The third-order valence-electron chi connectivity index (χ3n) is 4.33. The molecule has 0 N–H and O–H groups in total. The second-order valence-electron chi connectivity index (χ2n) is 6.74. The number of hydrogen-bond acceptors (Lipinski definition) is 4. The van der Waals surface area contributed by atoms with Crippen LogP contribution in [0.2, 0.25) is 0 Å². The molecular formula is C19H24N4O2. The predicted molar refractivity (Wildman–Crippen MR) is 98.1 cm³/mol. The van der Waals surface area contributed by atoms with E-state index < -0.39 is 0 Å². The lowest BCUT2D eigenvalue weighted by Crippen LogP contribution is -2.49. The number of piperazine rings is 1. The third kappa shape index (κ3) is 4.07. The molecule has 1 aromatic carbocycles. The maximum absolute atomic E-state index is 12.2. The number of benzene rings is 1. The van der Waals surface area contributed by atoms with E-state index in [1.165, 1.54) is 4.68 Å². The van der Waals surface area contributed by atoms with Gasteiger partial charge < -0.3 is 9.80 Å². The molecule has 1 aliphatic rings. The van der Waals surface area contributed by atoms with Gasteiger partial charge in [-0.05, 0) is 24.1 Å². The molecule has 2 heterocycles. The molecule has 0 bridgehead atoms. The van der Waals surface area contributed by atoms with Crippen LogP contribution in [-0.2, 0) is 4.79 Å². The quantitative estimate of drug-likeness (QED) is 0.853. The second-order valence-corrected chi connectivity index (χ2v) is 6.74. The van der Waals surface area contributed by atoms with Gasteiger partial charge in [-0.25, -0.2) is 0 Å². The molecule has 0 unspecified atom stereocenters. The highest BCUT2D eigenvalue weighted by molar-refractivity contribution is 5.76. The first-order valence-electron chi connectivity index (χ1n) is 8.73. The Morgan fingerprint density at radius 3 is 2.36 bits per heavy atom. The van der Waals surface area contributed by atoms with Crippen molar-refractivity contribution in [3.63, 3.8) is 0 Å². The number of rotatable bonds is 4. The second kappa shape index (κ2) is 7.51. The monoisotopic (exact) mass is 340 g/mol. The molecule has 0 radical (unpaired) electrons. The summed E-state index contributed by atoms with van der Waals surface area (Å²) in [5.74, 6) is 1.36. The van der Waals surface area contributed by atoms with Crippen LogP contribution in [-0.4, -0.2) is 46.8 Å². The van der Waals surface area contributed by atoms with Gasteiger partial charge >= 0.3 is 0 Å². The van der Waals surface area contributed by atoms with Crippen molar-refractivity contribution in [2.24, 2.45) is 5.92 Å². The van der Waals surface area contributed by atoms with Gasteiger partial charge in [0.2, 0.25) is 5.91 Å². The van der Waals surface area contributed by atoms with E-state index in [0.29, 0.717) is 25.4 Å². The Kier molecular flexibility index (Phi) is 5.16. The van der Waals surface area contributed by atoms with Crippen LogP contribution in [0.25, 0.3) is 5.69 Å². The summed E-state index contributed by atoms with van der Waals surface area (Å²) in [7, 11) is 0. The van der Waals surface area contributed by atoms with E-state index in [4.69, 9.17) is 0 Å². The van der Waals surface area contributed by atoms with E-state index in [0.717, 1.165) is 24.6 Å². The van der Waals surface area contributed by atoms with Gasteiger partial charge in [-0.1, -0.05) is 32.0 Å². The summed E-state index contributed by atoms with van der Waals surface area (Å²) < 4.78 is 1.42. The van der Waals surface area contributed by atoms with Crippen molar-refractivity contribution < 1.29 is 4.79 Å². The minimum atomic E-state index is -0.152. The summed E-state index contributed by atoms with van der Waals surface area (Å²) in [6.07, 6.45) is 0.594. The lowest BCUT2D eigenvalue weighted by molar-refractivity contribution is -0.132. The van der Waals surface area contributed by atoms with Crippen LogP contribution in [0.4, 0.5) is 5.82 Å². The Morgan fingerprint density at radius 1 is 1.04 bits per heavy atom. The number of aromatic nitrogens is 2. The first-order chi connectivity index (χ1) is 12.0. The van der Waals surface area contributed by atoms with Crippen LogP contribution in [0.3, 0.4) is 0 Å². The molecule has 6 nitrogen and oxygen atoms in total. The van der Waals surface area contributed by atoms with Crippen LogP contribution in [0, 0.1) is 5.92 Å².